The van der Waals surface area contributed by atoms with Crippen LogP contribution < -0.4 is 10.6 Å². The number of nitrogens with one attached hydrogen (secondary N) is 4. The molecule has 0 unspecified atom stereocenters. The number of aromatic nitrogens is 4. The van der Waals surface area contributed by atoms with Crippen molar-refractivity contribution in [1.29, 1.82) is 0 Å². The van der Waals surface area contributed by atoms with Crippen LogP contribution in [0, 0.1) is 11.8 Å². The lowest BCUT2D eigenvalue weighted by atomic mass is 9.98. The number of imidazole rings is 2. The molecule has 3 aromatic carbocycles. The van der Waals surface area contributed by atoms with E-state index in [1.807, 2.05) is 49.9 Å². The fourth-order valence-corrected chi connectivity index (χ4v) is 8.23. The number of hydrogen-bond donors (Lipinski definition) is 4. The quantitative estimate of drug-likeness (QED) is 0.0968. The highest BCUT2D eigenvalue weighted by molar-refractivity contribution is 5.87. The first kappa shape index (κ1) is 44.1. The zero-order chi connectivity index (χ0) is 42.5. The summed E-state index contributed by atoms with van der Waals surface area (Å²) in [7, 11) is 2.58. The SMILES string of the molecule is C.COC(=O)N[C@H](C(=O)N1CCC[C@H]1c1ncc(-c2ccc(-c3ccc(-c4ccc(-c5cnc([C@@H]6CCCN6C(=O)[C@@H](NC(=O)OC)C(C)C)[nH]5)cc4)cc3)cc2)[nH]1)C(C)C. The molecule has 61 heavy (non-hydrogen) atoms. The molecule has 4 N–H and O–H groups in total. The van der Waals surface area contributed by atoms with Crippen LogP contribution in [0.25, 0.3) is 44.8 Å². The van der Waals surface area contributed by atoms with Crippen LogP contribution in [0.1, 0.15) is 84.5 Å². The monoisotopic (exact) mass is 830 g/mol. The van der Waals surface area contributed by atoms with Crippen LogP contribution in [0.4, 0.5) is 9.59 Å². The minimum Gasteiger partial charge on any atom is -0.453 e. The zero-order valence-electron chi connectivity index (χ0n) is 35.0. The maximum Gasteiger partial charge on any atom is 0.407 e. The number of aromatic amines is 2. The Balaban J connectivity index is 0.00000622. The van der Waals surface area contributed by atoms with Gasteiger partial charge in [0.25, 0.3) is 0 Å². The van der Waals surface area contributed by atoms with Crippen molar-refractivity contribution < 1.29 is 28.7 Å². The molecule has 4 amide bonds. The van der Waals surface area contributed by atoms with E-state index in [1.54, 1.807) is 0 Å². The molecular weight excluding hydrogens is 773 g/mol. The number of carbonyl (C=O) groups excluding carboxylic acids is 4. The fourth-order valence-electron chi connectivity index (χ4n) is 8.23. The summed E-state index contributed by atoms with van der Waals surface area (Å²) < 4.78 is 9.52. The van der Waals surface area contributed by atoms with Crippen LogP contribution in [-0.2, 0) is 19.1 Å². The van der Waals surface area contributed by atoms with Gasteiger partial charge in [-0.1, -0.05) is 108 Å². The van der Waals surface area contributed by atoms with Crippen LogP contribution >= 0.6 is 0 Å². The Labute approximate surface area is 357 Å². The second-order valence-electron chi connectivity index (χ2n) is 16.2. The van der Waals surface area contributed by atoms with Crippen molar-refractivity contribution in [2.75, 3.05) is 27.3 Å². The largest absolute Gasteiger partial charge is 0.453 e. The van der Waals surface area contributed by atoms with E-state index in [-0.39, 0.29) is 43.2 Å². The maximum absolute atomic E-state index is 13.5. The Bertz CT molecular complexity index is 2120. The van der Waals surface area contributed by atoms with Gasteiger partial charge in [-0.2, -0.15) is 0 Å². The van der Waals surface area contributed by atoms with Crippen molar-refractivity contribution in [2.24, 2.45) is 11.8 Å². The van der Waals surface area contributed by atoms with E-state index >= 15 is 0 Å². The molecule has 0 aliphatic carbocycles. The molecule has 322 valence electrons. The van der Waals surface area contributed by atoms with Gasteiger partial charge in [0.2, 0.25) is 11.8 Å². The fraction of sp³-hybridized carbons (Fsp3) is 0.404. The molecular formula is C47H58N8O6. The summed E-state index contributed by atoms with van der Waals surface area (Å²) in [6, 6.07) is 23.4. The zero-order valence-corrected chi connectivity index (χ0v) is 35.0. The van der Waals surface area contributed by atoms with Crippen molar-refractivity contribution in [3.05, 3.63) is 96.8 Å². The number of hydrogen-bond acceptors (Lipinski definition) is 8. The molecule has 7 rings (SSSR count). The Morgan fingerprint density at radius 1 is 0.574 bits per heavy atom. The number of carbonyl (C=O) groups is 4. The second kappa shape index (κ2) is 19.3. The summed E-state index contributed by atoms with van der Waals surface area (Å²) in [5.74, 6) is 0.988. The van der Waals surface area contributed by atoms with Gasteiger partial charge in [0.05, 0.1) is 50.1 Å². The van der Waals surface area contributed by atoms with Gasteiger partial charge in [0, 0.05) is 13.1 Å². The average Bonchev–Trinajstić information content (AvgIpc) is 4.11. The number of methoxy groups -OCH3 is 2. The van der Waals surface area contributed by atoms with Gasteiger partial charge in [-0.3, -0.25) is 9.59 Å². The highest BCUT2D eigenvalue weighted by Crippen LogP contribution is 2.35. The summed E-state index contributed by atoms with van der Waals surface area (Å²) in [4.78, 5) is 70.9. The predicted molar refractivity (Wildman–Crippen MR) is 235 cm³/mol. The van der Waals surface area contributed by atoms with E-state index in [2.05, 4.69) is 103 Å². The van der Waals surface area contributed by atoms with Crippen molar-refractivity contribution in [3.8, 4) is 44.8 Å². The van der Waals surface area contributed by atoms with E-state index in [1.165, 1.54) is 14.2 Å². The number of rotatable bonds is 12. The number of likely N-dealkylation sites (tertiary alicyclic amines) is 2. The van der Waals surface area contributed by atoms with Crippen molar-refractivity contribution in [2.45, 2.75) is 85.0 Å². The van der Waals surface area contributed by atoms with Crippen LogP contribution in [0.15, 0.2) is 85.2 Å². The molecule has 14 nitrogen and oxygen atoms in total. The molecule has 4 heterocycles. The molecule has 0 saturated carbocycles. The minimum atomic E-state index is -0.684. The predicted octanol–water partition coefficient (Wildman–Crippen LogP) is 8.53. The van der Waals surface area contributed by atoms with E-state index in [4.69, 9.17) is 9.47 Å². The van der Waals surface area contributed by atoms with E-state index in [0.717, 1.165) is 82.1 Å². The maximum atomic E-state index is 13.5. The summed E-state index contributed by atoms with van der Waals surface area (Å²) >= 11 is 0. The lowest BCUT2D eigenvalue weighted by Crippen LogP contribution is -2.51. The van der Waals surface area contributed by atoms with Gasteiger partial charge in [-0.05, 0) is 70.9 Å². The molecule has 4 atom stereocenters. The van der Waals surface area contributed by atoms with Gasteiger partial charge >= 0.3 is 12.2 Å². The van der Waals surface area contributed by atoms with E-state index in [9.17, 15) is 19.2 Å². The van der Waals surface area contributed by atoms with Crippen LogP contribution in [0.3, 0.4) is 0 Å². The Kier molecular flexibility index (Phi) is 14.0. The molecule has 2 fully saturated rings. The number of nitrogens with zero attached hydrogens (tertiary/aromatic N) is 4. The molecule has 0 radical (unpaired) electrons. The lowest BCUT2D eigenvalue weighted by Gasteiger charge is -2.30. The summed E-state index contributed by atoms with van der Waals surface area (Å²) in [6.07, 6.45) is 5.66. The average molecular weight is 831 g/mol. The summed E-state index contributed by atoms with van der Waals surface area (Å²) in [5, 5.41) is 5.40. The molecule has 0 bridgehead atoms. The van der Waals surface area contributed by atoms with E-state index < -0.39 is 24.3 Å². The molecule has 0 spiro atoms. The number of ether oxygens (including phenoxy) is 2. The third kappa shape index (κ3) is 9.64. The topological polar surface area (TPSA) is 175 Å². The standard InChI is InChI=1S/C46H54N8O6.CH4/c1-27(2)39(51-45(57)59-5)43(55)53-23-7-9-37(53)41-47-25-35(49-41)33-19-15-31(16-20-33)29-11-13-30(14-12-29)32-17-21-34(22-18-32)36-26-48-42(50-36)38-10-8-24-54(38)44(56)40(28(3)4)52-46(58)60-6;/h11-22,25-28,37-40H,7-10,23-24H2,1-6H3,(H,47,49)(H,48,50)(H,51,57)(H,52,58);1H4/t37-,38-,39-,40-;/m0./s1. The highest BCUT2D eigenvalue weighted by atomic mass is 16.5. The highest BCUT2D eigenvalue weighted by Gasteiger charge is 2.39. The molecule has 2 aromatic heterocycles. The third-order valence-electron chi connectivity index (χ3n) is 11.6. The normalized spacial score (nSPS) is 17.2. The van der Waals surface area contributed by atoms with Gasteiger partial charge in [0.1, 0.15) is 23.7 Å². The first-order valence-electron chi connectivity index (χ1n) is 20.7. The summed E-state index contributed by atoms with van der Waals surface area (Å²) in [5.41, 5.74) is 8.08. The van der Waals surface area contributed by atoms with Gasteiger partial charge < -0.3 is 39.9 Å². The third-order valence-corrected chi connectivity index (χ3v) is 11.6. The Morgan fingerprint density at radius 3 is 1.18 bits per heavy atom. The first-order chi connectivity index (χ1) is 28.9. The molecule has 2 saturated heterocycles. The number of alkyl carbamates (subject to hydrolysis) is 2. The summed E-state index contributed by atoms with van der Waals surface area (Å²) in [6.45, 7) is 8.81. The van der Waals surface area contributed by atoms with Gasteiger partial charge in [0.15, 0.2) is 0 Å². The minimum absolute atomic E-state index is 0. The van der Waals surface area contributed by atoms with Gasteiger partial charge in [-0.15, -0.1) is 0 Å². The number of amides is 4. The van der Waals surface area contributed by atoms with Crippen molar-refractivity contribution in [3.63, 3.8) is 0 Å². The molecule has 5 aromatic rings. The van der Waals surface area contributed by atoms with Crippen molar-refractivity contribution >= 4 is 24.0 Å². The van der Waals surface area contributed by atoms with Gasteiger partial charge in [-0.25, -0.2) is 19.6 Å². The van der Waals surface area contributed by atoms with Crippen LogP contribution in [0.2, 0.25) is 0 Å². The second-order valence-corrected chi connectivity index (χ2v) is 16.2. The molecule has 2 aliphatic rings. The van der Waals surface area contributed by atoms with E-state index in [0.29, 0.717) is 13.1 Å². The van der Waals surface area contributed by atoms with Crippen LogP contribution in [0.5, 0.6) is 0 Å². The Morgan fingerprint density at radius 2 is 0.885 bits per heavy atom. The number of benzene rings is 3. The first-order valence-corrected chi connectivity index (χ1v) is 20.7. The lowest BCUT2D eigenvalue weighted by molar-refractivity contribution is -0.136. The Hall–Kier alpha value is -6.44. The van der Waals surface area contributed by atoms with Crippen molar-refractivity contribution in [1.82, 2.24) is 40.4 Å². The number of H-pyrrole nitrogens is 2. The smallest absolute Gasteiger partial charge is 0.407 e. The molecule has 14 heteroatoms. The van der Waals surface area contributed by atoms with Crippen LogP contribution in [-0.4, -0.2) is 93.1 Å². The molecule has 2 aliphatic heterocycles.